The molecule has 2 fully saturated rings. The number of nitrogens with zero attached hydrogens (tertiary/aromatic N) is 1. The molecule has 0 spiro atoms. The molecule has 1 N–H and O–H groups in total. The highest BCUT2D eigenvalue weighted by Crippen LogP contribution is 2.43. The third-order valence-electron chi connectivity index (χ3n) is 3.78. The monoisotopic (exact) mass is 207 g/mol. The van der Waals surface area contributed by atoms with E-state index in [-0.39, 0.29) is 17.6 Å². The van der Waals surface area contributed by atoms with Gasteiger partial charge in [-0.05, 0) is 17.6 Å². The van der Waals surface area contributed by atoms with Crippen LogP contribution >= 0.6 is 0 Å². The maximum absolute atomic E-state index is 11.5. The van der Waals surface area contributed by atoms with Crippen LogP contribution in [0.15, 0.2) is 11.6 Å². The zero-order chi connectivity index (χ0) is 10.6. The Balaban J connectivity index is 1.94. The number of fused-ring (bicyclic) bond motifs is 2. The Morgan fingerprint density at radius 2 is 2.27 bits per heavy atom. The van der Waals surface area contributed by atoms with Crippen molar-refractivity contribution in [3.05, 3.63) is 11.6 Å². The summed E-state index contributed by atoms with van der Waals surface area (Å²) in [6.45, 7) is 0.450. The van der Waals surface area contributed by atoms with Gasteiger partial charge >= 0.3 is 0 Å². The molecular weight excluding hydrogens is 194 g/mol. The van der Waals surface area contributed by atoms with Crippen LogP contribution in [0.25, 0.3) is 0 Å². The van der Waals surface area contributed by atoms with Gasteiger partial charge in [0.25, 0.3) is 0 Å². The lowest BCUT2D eigenvalue weighted by atomic mass is 9.86. The standard InChI is InChI=1S/C11H13NO3/c13-9-3-7-5-11(15)2-1-10(14)12(11)6-8(7)4-9/h4,7,15H,1-3,5-6H2. The first kappa shape index (κ1) is 9.09. The zero-order valence-electron chi connectivity index (χ0n) is 8.40. The molecule has 80 valence electrons. The Morgan fingerprint density at radius 3 is 3.07 bits per heavy atom. The van der Waals surface area contributed by atoms with Crippen LogP contribution < -0.4 is 0 Å². The molecule has 4 heteroatoms. The van der Waals surface area contributed by atoms with Gasteiger partial charge in [-0.3, -0.25) is 9.59 Å². The molecule has 0 bridgehead atoms. The van der Waals surface area contributed by atoms with Crippen LogP contribution in [0.2, 0.25) is 0 Å². The Morgan fingerprint density at radius 1 is 1.47 bits per heavy atom. The van der Waals surface area contributed by atoms with Crippen molar-refractivity contribution in [1.29, 1.82) is 0 Å². The second-order valence-electron chi connectivity index (χ2n) is 4.75. The Kier molecular flexibility index (Phi) is 1.63. The number of rotatable bonds is 0. The number of amides is 1. The molecule has 0 aromatic rings. The van der Waals surface area contributed by atoms with E-state index < -0.39 is 5.72 Å². The minimum absolute atomic E-state index is 0.0104. The molecule has 0 aromatic carbocycles. The molecule has 0 aromatic heterocycles. The van der Waals surface area contributed by atoms with Crippen molar-refractivity contribution in [2.45, 2.75) is 31.4 Å². The van der Waals surface area contributed by atoms with Crippen LogP contribution in [-0.4, -0.2) is 34.0 Å². The van der Waals surface area contributed by atoms with Crippen molar-refractivity contribution in [3.63, 3.8) is 0 Å². The fraction of sp³-hybridized carbons (Fsp3) is 0.636. The lowest BCUT2D eigenvalue weighted by molar-refractivity contribution is -0.150. The summed E-state index contributed by atoms with van der Waals surface area (Å²) < 4.78 is 0. The van der Waals surface area contributed by atoms with Gasteiger partial charge in [-0.25, -0.2) is 0 Å². The van der Waals surface area contributed by atoms with E-state index in [0.29, 0.717) is 32.2 Å². The van der Waals surface area contributed by atoms with Gasteiger partial charge in [0.15, 0.2) is 5.78 Å². The molecule has 3 rings (SSSR count). The van der Waals surface area contributed by atoms with E-state index >= 15 is 0 Å². The molecule has 2 unspecified atom stereocenters. The van der Waals surface area contributed by atoms with Gasteiger partial charge in [-0.2, -0.15) is 0 Å². The molecule has 3 aliphatic rings. The van der Waals surface area contributed by atoms with Gasteiger partial charge in [0.1, 0.15) is 5.72 Å². The number of allylic oxidation sites excluding steroid dienone is 1. The average molecular weight is 207 g/mol. The van der Waals surface area contributed by atoms with Crippen LogP contribution in [0.5, 0.6) is 0 Å². The quantitative estimate of drug-likeness (QED) is 0.618. The van der Waals surface area contributed by atoms with Crippen molar-refractivity contribution in [3.8, 4) is 0 Å². The van der Waals surface area contributed by atoms with Crippen LogP contribution in [0, 0.1) is 5.92 Å². The molecule has 4 nitrogen and oxygen atoms in total. The molecule has 2 atom stereocenters. The number of hydrogen-bond donors (Lipinski definition) is 1. The number of piperidine rings is 1. The third-order valence-corrected chi connectivity index (χ3v) is 3.78. The highest BCUT2D eigenvalue weighted by molar-refractivity contribution is 5.94. The number of carbonyl (C=O) groups is 2. The second-order valence-corrected chi connectivity index (χ2v) is 4.75. The maximum atomic E-state index is 11.5. The van der Waals surface area contributed by atoms with Gasteiger partial charge in [-0.1, -0.05) is 0 Å². The van der Waals surface area contributed by atoms with Gasteiger partial charge in [-0.15, -0.1) is 0 Å². The van der Waals surface area contributed by atoms with Crippen LogP contribution in [-0.2, 0) is 9.59 Å². The molecule has 2 saturated heterocycles. The van der Waals surface area contributed by atoms with Crippen LogP contribution in [0.1, 0.15) is 25.7 Å². The van der Waals surface area contributed by atoms with Crippen molar-refractivity contribution in [2.24, 2.45) is 5.92 Å². The van der Waals surface area contributed by atoms with E-state index in [1.165, 1.54) is 4.90 Å². The fourth-order valence-corrected chi connectivity index (χ4v) is 2.97. The highest BCUT2D eigenvalue weighted by Gasteiger charge is 2.50. The van der Waals surface area contributed by atoms with E-state index in [2.05, 4.69) is 0 Å². The molecule has 0 saturated carbocycles. The van der Waals surface area contributed by atoms with Crippen LogP contribution in [0.3, 0.4) is 0 Å². The number of ketones is 1. The van der Waals surface area contributed by atoms with Gasteiger partial charge in [0.05, 0.1) is 0 Å². The number of aliphatic hydroxyl groups is 1. The topological polar surface area (TPSA) is 57.6 Å². The molecule has 2 aliphatic heterocycles. The summed E-state index contributed by atoms with van der Waals surface area (Å²) in [5, 5.41) is 10.3. The fourth-order valence-electron chi connectivity index (χ4n) is 2.97. The maximum Gasteiger partial charge on any atom is 0.225 e. The first-order chi connectivity index (χ1) is 7.08. The van der Waals surface area contributed by atoms with Crippen molar-refractivity contribution in [2.75, 3.05) is 6.54 Å². The van der Waals surface area contributed by atoms with Gasteiger partial charge in [0.2, 0.25) is 5.91 Å². The van der Waals surface area contributed by atoms with Gasteiger partial charge < -0.3 is 10.0 Å². The summed E-state index contributed by atoms with van der Waals surface area (Å²) in [6.07, 6.45) is 3.65. The lowest BCUT2D eigenvalue weighted by Gasteiger charge is -2.41. The molecular formula is C11H13NO3. The summed E-state index contributed by atoms with van der Waals surface area (Å²) >= 11 is 0. The Hall–Kier alpha value is -1.16. The third kappa shape index (κ3) is 1.17. The number of carbonyl (C=O) groups excluding carboxylic acids is 2. The highest BCUT2D eigenvalue weighted by atomic mass is 16.3. The smallest absolute Gasteiger partial charge is 0.225 e. The predicted molar refractivity (Wildman–Crippen MR) is 51.7 cm³/mol. The van der Waals surface area contributed by atoms with Gasteiger partial charge in [0, 0.05) is 32.2 Å². The molecule has 1 amide bonds. The molecule has 1 aliphatic carbocycles. The predicted octanol–water partition coefficient (Wildman–Crippen LogP) is 0.216. The largest absolute Gasteiger partial charge is 0.371 e. The van der Waals surface area contributed by atoms with Crippen molar-refractivity contribution in [1.82, 2.24) is 4.90 Å². The first-order valence-electron chi connectivity index (χ1n) is 5.35. The summed E-state index contributed by atoms with van der Waals surface area (Å²) in [7, 11) is 0. The Bertz CT molecular complexity index is 387. The SMILES string of the molecule is O=C1C=C2CN3C(=O)CCC3(O)CC2C1. The summed E-state index contributed by atoms with van der Waals surface area (Å²) in [6, 6.07) is 0. The number of hydrogen-bond acceptors (Lipinski definition) is 3. The second kappa shape index (κ2) is 2.70. The van der Waals surface area contributed by atoms with E-state index in [1.807, 2.05) is 0 Å². The van der Waals surface area contributed by atoms with E-state index in [4.69, 9.17) is 0 Å². The molecule has 15 heavy (non-hydrogen) atoms. The first-order valence-corrected chi connectivity index (χ1v) is 5.35. The van der Waals surface area contributed by atoms with Crippen LogP contribution in [0.4, 0.5) is 0 Å². The average Bonchev–Trinajstić information content (AvgIpc) is 2.64. The van der Waals surface area contributed by atoms with Crippen molar-refractivity contribution < 1.29 is 14.7 Å². The normalized spacial score (nSPS) is 39.1. The molecule has 2 heterocycles. The minimum atomic E-state index is -0.969. The summed E-state index contributed by atoms with van der Waals surface area (Å²) in [4.78, 5) is 24.3. The minimum Gasteiger partial charge on any atom is -0.371 e. The van der Waals surface area contributed by atoms with Crippen molar-refractivity contribution >= 4 is 11.7 Å². The van der Waals surface area contributed by atoms with E-state index in [0.717, 1.165) is 5.57 Å². The summed E-state index contributed by atoms with van der Waals surface area (Å²) in [5.41, 5.74) is 0.0592. The van der Waals surface area contributed by atoms with E-state index in [1.54, 1.807) is 6.08 Å². The Labute approximate surface area is 87.6 Å². The molecule has 0 radical (unpaired) electrons. The van der Waals surface area contributed by atoms with E-state index in [9.17, 15) is 14.7 Å². The zero-order valence-corrected chi connectivity index (χ0v) is 8.40. The summed E-state index contributed by atoms with van der Waals surface area (Å²) in [5.74, 6) is 0.313. The lowest BCUT2D eigenvalue weighted by Crippen LogP contribution is -2.51.